The van der Waals surface area contributed by atoms with Gasteiger partial charge in [-0.3, -0.25) is 4.90 Å². The molecule has 0 atom stereocenters. The van der Waals surface area contributed by atoms with Crippen LogP contribution in [0, 0.1) is 12.7 Å². The van der Waals surface area contributed by atoms with Crippen LogP contribution in [0.15, 0.2) is 12.1 Å². The lowest BCUT2D eigenvalue weighted by atomic mass is 10.1. The highest BCUT2D eigenvalue weighted by Crippen LogP contribution is 2.28. The van der Waals surface area contributed by atoms with Crippen molar-refractivity contribution in [2.45, 2.75) is 13.1 Å². The van der Waals surface area contributed by atoms with E-state index in [0.29, 0.717) is 43.1 Å². The summed E-state index contributed by atoms with van der Waals surface area (Å²) in [6.45, 7) is 2.28. The van der Waals surface area contributed by atoms with Crippen molar-refractivity contribution in [3.63, 3.8) is 0 Å². The van der Waals surface area contributed by atoms with E-state index in [2.05, 4.69) is 0 Å². The molecule has 2 rings (SSSR count). The Labute approximate surface area is 115 Å². The molecule has 0 aromatic heterocycles. The van der Waals surface area contributed by atoms with E-state index in [-0.39, 0.29) is 5.82 Å². The molecule has 2 N–H and O–H groups in total. The van der Waals surface area contributed by atoms with Crippen molar-refractivity contribution in [1.29, 1.82) is 0 Å². The molecule has 1 saturated heterocycles. The summed E-state index contributed by atoms with van der Waals surface area (Å²) in [6.07, 6.45) is -4.17. The van der Waals surface area contributed by atoms with E-state index in [1.165, 1.54) is 11.0 Å². The topological polar surface area (TPSA) is 32.5 Å². The van der Waals surface area contributed by atoms with E-state index in [4.69, 9.17) is 5.73 Å². The van der Waals surface area contributed by atoms with Crippen molar-refractivity contribution in [1.82, 2.24) is 4.90 Å². The largest absolute Gasteiger partial charge is 0.401 e. The van der Waals surface area contributed by atoms with Crippen LogP contribution in [-0.4, -0.2) is 43.8 Å². The number of alkyl halides is 3. The third-order valence-corrected chi connectivity index (χ3v) is 3.42. The van der Waals surface area contributed by atoms with Crippen LogP contribution in [0.3, 0.4) is 0 Å². The van der Waals surface area contributed by atoms with Crippen LogP contribution in [0.4, 0.5) is 28.9 Å². The first-order valence-electron chi connectivity index (χ1n) is 6.36. The Morgan fingerprint density at radius 2 is 1.75 bits per heavy atom. The van der Waals surface area contributed by atoms with Gasteiger partial charge in [0.05, 0.1) is 17.9 Å². The Bertz CT molecular complexity index is 479. The molecule has 3 nitrogen and oxygen atoms in total. The maximum atomic E-state index is 13.3. The van der Waals surface area contributed by atoms with Gasteiger partial charge in [-0.2, -0.15) is 13.2 Å². The number of nitrogen functional groups attached to an aromatic ring is 1. The van der Waals surface area contributed by atoms with Crippen LogP contribution < -0.4 is 10.6 Å². The van der Waals surface area contributed by atoms with Crippen LogP contribution in [0.2, 0.25) is 0 Å². The number of piperazine rings is 1. The number of nitrogens with two attached hydrogens (primary N) is 1. The summed E-state index contributed by atoms with van der Waals surface area (Å²) in [7, 11) is 0. The van der Waals surface area contributed by atoms with E-state index in [1.807, 2.05) is 4.90 Å². The molecule has 0 bridgehead atoms. The van der Waals surface area contributed by atoms with E-state index in [0.717, 1.165) is 0 Å². The SMILES string of the molecule is Cc1cc(N2CCN(CC(F)(F)F)CC2)c(N)cc1F. The highest BCUT2D eigenvalue weighted by Gasteiger charge is 2.32. The van der Waals surface area contributed by atoms with Crippen LogP contribution in [0.25, 0.3) is 0 Å². The second-order valence-corrected chi connectivity index (χ2v) is 5.04. The second kappa shape index (κ2) is 5.47. The molecule has 0 unspecified atom stereocenters. The van der Waals surface area contributed by atoms with Crippen molar-refractivity contribution >= 4 is 11.4 Å². The van der Waals surface area contributed by atoms with Crippen molar-refractivity contribution < 1.29 is 17.6 Å². The fourth-order valence-electron chi connectivity index (χ4n) is 2.36. The minimum absolute atomic E-state index is 0.315. The van der Waals surface area contributed by atoms with Crippen LogP contribution in [0.5, 0.6) is 0 Å². The van der Waals surface area contributed by atoms with Gasteiger partial charge in [-0.05, 0) is 24.6 Å². The van der Waals surface area contributed by atoms with Gasteiger partial charge in [0.25, 0.3) is 0 Å². The quantitative estimate of drug-likeness (QED) is 0.671. The summed E-state index contributed by atoms with van der Waals surface area (Å²) < 4.78 is 50.3. The molecule has 20 heavy (non-hydrogen) atoms. The van der Waals surface area contributed by atoms with E-state index in [1.54, 1.807) is 13.0 Å². The van der Waals surface area contributed by atoms with Gasteiger partial charge in [0, 0.05) is 26.2 Å². The summed E-state index contributed by atoms with van der Waals surface area (Å²) in [5, 5.41) is 0. The zero-order valence-corrected chi connectivity index (χ0v) is 11.2. The number of hydrogen-bond acceptors (Lipinski definition) is 3. The second-order valence-electron chi connectivity index (χ2n) is 5.04. The highest BCUT2D eigenvalue weighted by atomic mass is 19.4. The minimum Gasteiger partial charge on any atom is -0.397 e. The molecule has 1 aromatic rings. The molecular formula is C13H17F4N3. The zero-order chi connectivity index (χ0) is 14.9. The maximum absolute atomic E-state index is 13.3. The molecule has 1 heterocycles. The van der Waals surface area contributed by atoms with Gasteiger partial charge in [0.1, 0.15) is 5.82 Å². The lowest BCUT2D eigenvalue weighted by molar-refractivity contribution is -0.146. The lowest BCUT2D eigenvalue weighted by Crippen LogP contribution is -2.49. The van der Waals surface area contributed by atoms with Gasteiger partial charge >= 0.3 is 6.18 Å². The molecular weight excluding hydrogens is 274 g/mol. The normalized spacial score (nSPS) is 17.6. The third-order valence-electron chi connectivity index (χ3n) is 3.42. The molecule has 1 aliphatic heterocycles. The summed E-state index contributed by atoms with van der Waals surface area (Å²) in [5.41, 5.74) is 7.27. The summed E-state index contributed by atoms with van der Waals surface area (Å²) in [5.74, 6) is -0.373. The summed E-state index contributed by atoms with van der Waals surface area (Å²) in [4.78, 5) is 3.26. The zero-order valence-electron chi connectivity index (χ0n) is 11.2. The number of nitrogens with zero attached hydrogens (tertiary/aromatic N) is 2. The van der Waals surface area contributed by atoms with Crippen molar-refractivity contribution in [3.05, 3.63) is 23.5 Å². The van der Waals surface area contributed by atoms with Crippen LogP contribution in [-0.2, 0) is 0 Å². The Balaban J connectivity index is 2.02. The predicted octanol–water partition coefficient (Wildman–Crippen LogP) is 2.40. The van der Waals surface area contributed by atoms with Gasteiger partial charge < -0.3 is 10.6 Å². The molecule has 0 radical (unpaired) electrons. The standard InChI is InChI=1S/C13H17F4N3/c1-9-6-12(11(18)7-10(9)14)20-4-2-19(3-5-20)8-13(15,16)17/h6-7H,2-5,8,18H2,1H3. The molecule has 1 aliphatic rings. The van der Waals surface area contributed by atoms with Gasteiger partial charge in [0.2, 0.25) is 0 Å². The fourth-order valence-corrected chi connectivity index (χ4v) is 2.36. The first kappa shape index (κ1) is 14.9. The van der Waals surface area contributed by atoms with E-state index >= 15 is 0 Å². The van der Waals surface area contributed by atoms with E-state index < -0.39 is 12.7 Å². The number of hydrogen-bond donors (Lipinski definition) is 1. The molecule has 0 saturated carbocycles. The monoisotopic (exact) mass is 291 g/mol. The average molecular weight is 291 g/mol. The molecule has 0 spiro atoms. The molecule has 1 fully saturated rings. The lowest BCUT2D eigenvalue weighted by Gasteiger charge is -2.37. The summed E-state index contributed by atoms with van der Waals surface area (Å²) in [6, 6.07) is 2.90. The third kappa shape index (κ3) is 3.53. The number of anilines is 2. The van der Waals surface area contributed by atoms with Crippen molar-refractivity contribution in [2.24, 2.45) is 0 Å². The number of halogens is 4. The van der Waals surface area contributed by atoms with Gasteiger partial charge in [-0.25, -0.2) is 4.39 Å². The molecule has 0 amide bonds. The Morgan fingerprint density at radius 3 is 2.30 bits per heavy atom. The molecule has 7 heteroatoms. The first-order valence-corrected chi connectivity index (χ1v) is 6.36. The molecule has 1 aromatic carbocycles. The average Bonchev–Trinajstić information content (AvgIpc) is 2.33. The van der Waals surface area contributed by atoms with Crippen LogP contribution >= 0.6 is 0 Å². The molecule has 0 aliphatic carbocycles. The predicted molar refractivity (Wildman–Crippen MR) is 70.3 cm³/mol. The van der Waals surface area contributed by atoms with Crippen molar-refractivity contribution in [2.75, 3.05) is 43.4 Å². The molecule has 112 valence electrons. The Morgan fingerprint density at radius 1 is 1.15 bits per heavy atom. The smallest absolute Gasteiger partial charge is 0.397 e. The fraction of sp³-hybridized carbons (Fsp3) is 0.538. The maximum Gasteiger partial charge on any atom is 0.401 e. The number of aryl methyl sites for hydroxylation is 1. The number of rotatable bonds is 2. The Kier molecular flexibility index (Phi) is 4.08. The van der Waals surface area contributed by atoms with E-state index in [9.17, 15) is 17.6 Å². The van der Waals surface area contributed by atoms with Crippen molar-refractivity contribution in [3.8, 4) is 0 Å². The highest BCUT2D eigenvalue weighted by molar-refractivity contribution is 5.69. The Hall–Kier alpha value is -1.50. The van der Waals surface area contributed by atoms with Crippen LogP contribution in [0.1, 0.15) is 5.56 Å². The number of benzene rings is 1. The summed E-state index contributed by atoms with van der Waals surface area (Å²) >= 11 is 0. The minimum atomic E-state index is -4.17. The first-order chi connectivity index (χ1) is 9.26. The van der Waals surface area contributed by atoms with Gasteiger partial charge in [-0.15, -0.1) is 0 Å². The van der Waals surface area contributed by atoms with Gasteiger partial charge in [0.15, 0.2) is 0 Å². The van der Waals surface area contributed by atoms with Gasteiger partial charge in [-0.1, -0.05) is 0 Å².